The molecule has 7 heteroatoms. The zero-order valence-corrected chi connectivity index (χ0v) is 15.4. The van der Waals surface area contributed by atoms with Crippen LogP contribution in [0.1, 0.15) is 0 Å². The number of hydrogen-bond acceptors (Lipinski definition) is 4. The number of rotatable bonds is 5. The maximum atomic E-state index is 11.6. The highest BCUT2D eigenvalue weighted by molar-refractivity contribution is 6.30. The normalized spacial score (nSPS) is 14.4. The van der Waals surface area contributed by atoms with E-state index >= 15 is 0 Å². The molecule has 140 valence electrons. The number of amides is 1. The van der Waals surface area contributed by atoms with Crippen LogP contribution in [0.4, 0.5) is 17.1 Å². The number of benzene rings is 2. The summed E-state index contributed by atoms with van der Waals surface area (Å²) in [5, 5.41) is 11.9. The van der Waals surface area contributed by atoms with E-state index in [1.54, 1.807) is 0 Å². The van der Waals surface area contributed by atoms with E-state index in [0.29, 0.717) is 5.69 Å². The van der Waals surface area contributed by atoms with E-state index in [-0.39, 0.29) is 0 Å². The van der Waals surface area contributed by atoms with Crippen molar-refractivity contribution in [2.24, 2.45) is 0 Å². The summed E-state index contributed by atoms with van der Waals surface area (Å²) < 4.78 is 0. The van der Waals surface area contributed by atoms with Gasteiger partial charge in [-0.05, 0) is 48.5 Å². The third kappa shape index (κ3) is 5.24. The molecule has 0 aromatic heterocycles. The van der Waals surface area contributed by atoms with Crippen molar-refractivity contribution in [2.45, 2.75) is 0 Å². The van der Waals surface area contributed by atoms with Crippen molar-refractivity contribution >= 4 is 40.5 Å². The Morgan fingerprint density at radius 1 is 0.852 bits per heavy atom. The second kappa shape index (κ2) is 8.60. The van der Waals surface area contributed by atoms with E-state index in [2.05, 4.69) is 15.1 Å². The first-order chi connectivity index (χ1) is 13.0. The van der Waals surface area contributed by atoms with Gasteiger partial charge in [-0.2, -0.15) is 0 Å². The van der Waals surface area contributed by atoms with E-state index in [1.165, 1.54) is 5.69 Å². The van der Waals surface area contributed by atoms with E-state index in [4.69, 9.17) is 16.7 Å². The summed E-state index contributed by atoms with van der Waals surface area (Å²) in [7, 11) is 0. The Bertz CT molecular complexity index is 827. The van der Waals surface area contributed by atoms with E-state index in [1.807, 2.05) is 48.5 Å². The fourth-order valence-corrected chi connectivity index (χ4v) is 3.09. The van der Waals surface area contributed by atoms with E-state index in [0.717, 1.165) is 49.0 Å². The largest absolute Gasteiger partial charge is 0.478 e. The summed E-state index contributed by atoms with van der Waals surface area (Å²) in [5.74, 6) is -1.63. The monoisotopic (exact) mass is 385 g/mol. The van der Waals surface area contributed by atoms with Crippen LogP contribution in [0.2, 0.25) is 5.02 Å². The summed E-state index contributed by atoms with van der Waals surface area (Å²) in [5.41, 5.74) is 2.88. The maximum Gasteiger partial charge on any atom is 0.328 e. The van der Waals surface area contributed by atoms with Gasteiger partial charge in [0.1, 0.15) is 0 Å². The first-order valence-corrected chi connectivity index (χ1v) is 8.96. The minimum atomic E-state index is -1.15. The number of hydrogen-bond donors (Lipinski definition) is 2. The molecule has 0 unspecified atom stereocenters. The molecule has 2 aromatic carbocycles. The van der Waals surface area contributed by atoms with Crippen LogP contribution in [-0.4, -0.2) is 43.2 Å². The molecular formula is C20H20ClN3O3. The average molecular weight is 386 g/mol. The van der Waals surface area contributed by atoms with Crippen LogP contribution in [0.3, 0.4) is 0 Å². The molecule has 3 rings (SSSR count). The van der Waals surface area contributed by atoms with Crippen LogP contribution in [-0.2, 0) is 9.59 Å². The fraction of sp³-hybridized carbons (Fsp3) is 0.200. The molecule has 2 aromatic rings. The highest BCUT2D eigenvalue weighted by Crippen LogP contribution is 2.23. The molecule has 1 saturated heterocycles. The van der Waals surface area contributed by atoms with Crippen molar-refractivity contribution in [3.8, 4) is 0 Å². The summed E-state index contributed by atoms with van der Waals surface area (Å²) in [6, 6.07) is 15.4. The molecule has 0 radical (unpaired) electrons. The van der Waals surface area contributed by atoms with Crippen molar-refractivity contribution in [3.05, 3.63) is 65.7 Å². The Morgan fingerprint density at radius 2 is 1.33 bits per heavy atom. The molecule has 1 fully saturated rings. The van der Waals surface area contributed by atoms with Crippen LogP contribution in [0, 0.1) is 0 Å². The summed E-state index contributed by atoms with van der Waals surface area (Å²) in [6.07, 6.45) is 1.80. The lowest BCUT2D eigenvalue weighted by molar-refractivity contribution is -0.131. The SMILES string of the molecule is O=C(O)C=CC(=O)Nc1ccc(N2CCN(c3ccc(Cl)cc3)CC2)cc1. The van der Waals surface area contributed by atoms with Gasteiger partial charge in [0.05, 0.1) is 0 Å². The number of carbonyl (C=O) groups excluding carboxylic acids is 1. The summed E-state index contributed by atoms with van der Waals surface area (Å²) in [6.45, 7) is 3.63. The molecule has 2 N–H and O–H groups in total. The minimum absolute atomic E-state index is 0.471. The van der Waals surface area contributed by atoms with Crippen molar-refractivity contribution < 1.29 is 14.7 Å². The van der Waals surface area contributed by atoms with Crippen LogP contribution < -0.4 is 15.1 Å². The van der Waals surface area contributed by atoms with Gasteiger partial charge in [0, 0.05) is 60.4 Å². The Balaban J connectivity index is 1.55. The number of anilines is 3. The number of nitrogens with zero attached hydrogens (tertiary/aromatic N) is 2. The molecule has 6 nitrogen and oxygen atoms in total. The Labute approximate surface area is 162 Å². The number of carbonyl (C=O) groups is 2. The zero-order valence-electron chi connectivity index (χ0n) is 14.6. The summed E-state index contributed by atoms with van der Waals surface area (Å²) >= 11 is 5.95. The smallest absolute Gasteiger partial charge is 0.328 e. The third-order valence-electron chi connectivity index (χ3n) is 4.35. The zero-order chi connectivity index (χ0) is 19.2. The van der Waals surface area contributed by atoms with Gasteiger partial charge >= 0.3 is 5.97 Å². The number of halogens is 1. The fourth-order valence-electron chi connectivity index (χ4n) is 2.96. The van der Waals surface area contributed by atoms with Crippen molar-refractivity contribution in [1.82, 2.24) is 0 Å². The second-order valence-corrected chi connectivity index (χ2v) is 6.59. The number of nitrogens with one attached hydrogen (secondary N) is 1. The number of carboxylic acid groups (broad SMARTS) is 1. The first kappa shape index (κ1) is 18.8. The van der Waals surface area contributed by atoms with Crippen LogP contribution in [0.25, 0.3) is 0 Å². The van der Waals surface area contributed by atoms with Crippen molar-refractivity contribution in [1.29, 1.82) is 0 Å². The molecule has 1 amide bonds. The number of carboxylic acids is 1. The minimum Gasteiger partial charge on any atom is -0.478 e. The van der Waals surface area contributed by atoms with Gasteiger partial charge in [0.25, 0.3) is 0 Å². The van der Waals surface area contributed by atoms with E-state index in [9.17, 15) is 9.59 Å². The number of piperazine rings is 1. The topological polar surface area (TPSA) is 72.9 Å². The lowest BCUT2D eigenvalue weighted by atomic mass is 10.2. The summed E-state index contributed by atoms with van der Waals surface area (Å²) in [4.78, 5) is 26.7. The predicted molar refractivity (Wildman–Crippen MR) is 108 cm³/mol. The highest BCUT2D eigenvalue weighted by atomic mass is 35.5. The molecule has 0 bridgehead atoms. The molecule has 1 aliphatic heterocycles. The van der Waals surface area contributed by atoms with Crippen LogP contribution >= 0.6 is 11.6 Å². The quantitative estimate of drug-likeness (QED) is 0.773. The lowest BCUT2D eigenvalue weighted by Crippen LogP contribution is -2.46. The van der Waals surface area contributed by atoms with Crippen molar-refractivity contribution in [3.63, 3.8) is 0 Å². The first-order valence-electron chi connectivity index (χ1n) is 8.59. The van der Waals surface area contributed by atoms with Gasteiger partial charge < -0.3 is 20.2 Å². The third-order valence-corrected chi connectivity index (χ3v) is 4.60. The maximum absolute atomic E-state index is 11.6. The lowest BCUT2D eigenvalue weighted by Gasteiger charge is -2.37. The van der Waals surface area contributed by atoms with Gasteiger partial charge in [0.2, 0.25) is 5.91 Å². The average Bonchev–Trinajstić information content (AvgIpc) is 2.68. The van der Waals surface area contributed by atoms with Gasteiger partial charge in [-0.1, -0.05) is 11.6 Å². The molecule has 0 aliphatic carbocycles. The van der Waals surface area contributed by atoms with Gasteiger partial charge in [0.15, 0.2) is 0 Å². The number of aliphatic carboxylic acids is 1. The molecular weight excluding hydrogens is 366 g/mol. The van der Waals surface area contributed by atoms with E-state index < -0.39 is 11.9 Å². The molecule has 0 spiro atoms. The molecule has 1 heterocycles. The van der Waals surface area contributed by atoms with Crippen LogP contribution in [0.15, 0.2) is 60.7 Å². The Morgan fingerprint density at radius 3 is 1.81 bits per heavy atom. The Hall–Kier alpha value is -2.99. The van der Waals surface area contributed by atoms with Gasteiger partial charge in [-0.15, -0.1) is 0 Å². The predicted octanol–water partition coefficient (Wildman–Crippen LogP) is 3.25. The van der Waals surface area contributed by atoms with Crippen molar-refractivity contribution in [2.75, 3.05) is 41.3 Å². The van der Waals surface area contributed by atoms with Crippen LogP contribution in [0.5, 0.6) is 0 Å². The standard InChI is InChI=1S/C20H20ClN3O3/c21-15-1-5-17(6-2-15)23-11-13-24(14-12-23)18-7-3-16(4-8-18)22-19(25)9-10-20(26)27/h1-10H,11-14H2,(H,22,25)(H,26,27). The Kier molecular flexibility index (Phi) is 5.98. The molecule has 27 heavy (non-hydrogen) atoms. The highest BCUT2D eigenvalue weighted by Gasteiger charge is 2.17. The second-order valence-electron chi connectivity index (χ2n) is 6.16. The molecule has 1 aliphatic rings. The van der Waals surface area contributed by atoms with Gasteiger partial charge in [-0.25, -0.2) is 4.79 Å². The van der Waals surface area contributed by atoms with Gasteiger partial charge in [-0.3, -0.25) is 4.79 Å². The molecule has 0 atom stereocenters. The molecule has 0 saturated carbocycles.